The van der Waals surface area contributed by atoms with E-state index in [4.69, 9.17) is 4.74 Å². The highest BCUT2D eigenvalue weighted by Gasteiger charge is 2.26. The number of ether oxygens (including phenoxy) is 1. The SMILES string of the molecule is CSc1cccc(N2CC(C)OC(C)C2)c1C(=O)O. The van der Waals surface area contributed by atoms with Gasteiger partial charge in [0.1, 0.15) is 0 Å². The molecule has 2 atom stereocenters. The number of carboxylic acids is 1. The van der Waals surface area contributed by atoms with E-state index in [1.807, 2.05) is 38.3 Å². The predicted molar refractivity (Wildman–Crippen MR) is 77.4 cm³/mol. The van der Waals surface area contributed by atoms with Crippen LogP contribution >= 0.6 is 11.8 Å². The normalized spacial score (nSPS) is 23.4. The Balaban J connectivity index is 2.41. The molecule has 4 nitrogen and oxygen atoms in total. The molecule has 1 aromatic carbocycles. The van der Waals surface area contributed by atoms with Crippen LogP contribution in [0.15, 0.2) is 23.1 Å². The number of carbonyl (C=O) groups is 1. The molecule has 1 aliphatic rings. The Bertz CT molecular complexity index is 468. The third-order valence-electron chi connectivity index (χ3n) is 3.20. The smallest absolute Gasteiger partial charge is 0.338 e. The molecule has 1 saturated heterocycles. The van der Waals surface area contributed by atoms with E-state index in [2.05, 4.69) is 4.90 Å². The quantitative estimate of drug-likeness (QED) is 0.863. The van der Waals surface area contributed by atoms with Crippen LogP contribution in [0.25, 0.3) is 0 Å². The number of nitrogens with zero attached hydrogens (tertiary/aromatic N) is 1. The molecular formula is C14H19NO3S. The summed E-state index contributed by atoms with van der Waals surface area (Å²) in [4.78, 5) is 14.5. The lowest BCUT2D eigenvalue weighted by atomic mass is 10.1. The van der Waals surface area contributed by atoms with Crippen LogP contribution in [-0.4, -0.2) is 42.6 Å². The number of anilines is 1. The second kappa shape index (κ2) is 5.84. The lowest BCUT2D eigenvalue weighted by Crippen LogP contribution is -2.46. The fourth-order valence-corrected chi connectivity index (χ4v) is 3.15. The molecule has 2 rings (SSSR count). The van der Waals surface area contributed by atoms with Crippen LogP contribution in [0.4, 0.5) is 5.69 Å². The maximum absolute atomic E-state index is 11.5. The summed E-state index contributed by atoms with van der Waals surface area (Å²) in [5.41, 5.74) is 1.19. The number of hydrogen-bond acceptors (Lipinski definition) is 4. The van der Waals surface area contributed by atoms with Crippen LogP contribution in [0.3, 0.4) is 0 Å². The third-order valence-corrected chi connectivity index (χ3v) is 3.98. The highest BCUT2D eigenvalue weighted by Crippen LogP contribution is 2.31. The van der Waals surface area contributed by atoms with Crippen molar-refractivity contribution in [2.75, 3.05) is 24.2 Å². The average Bonchev–Trinajstić information content (AvgIpc) is 2.36. The average molecular weight is 281 g/mol. The summed E-state index contributed by atoms with van der Waals surface area (Å²) in [6.45, 7) is 5.48. The van der Waals surface area contributed by atoms with Gasteiger partial charge in [-0.25, -0.2) is 4.79 Å². The monoisotopic (exact) mass is 281 g/mol. The molecule has 0 aliphatic carbocycles. The van der Waals surface area contributed by atoms with Crippen molar-refractivity contribution in [1.29, 1.82) is 0 Å². The van der Waals surface area contributed by atoms with E-state index in [0.29, 0.717) is 5.56 Å². The van der Waals surface area contributed by atoms with Crippen molar-refractivity contribution in [3.8, 4) is 0 Å². The topological polar surface area (TPSA) is 49.8 Å². The highest BCUT2D eigenvalue weighted by molar-refractivity contribution is 7.98. The predicted octanol–water partition coefficient (Wildman–Crippen LogP) is 2.72. The molecule has 0 spiro atoms. The summed E-state index contributed by atoms with van der Waals surface area (Å²) in [5.74, 6) is -0.869. The van der Waals surface area contributed by atoms with Gasteiger partial charge in [0.25, 0.3) is 0 Å². The molecule has 1 aliphatic heterocycles. The second-order valence-electron chi connectivity index (χ2n) is 4.82. The van der Waals surface area contributed by atoms with Crippen molar-refractivity contribution >= 4 is 23.4 Å². The van der Waals surface area contributed by atoms with Gasteiger partial charge < -0.3 is 14.7 Å². The zero-order valence-corrected chi connectivity index (χ0v) is 12.2. The van der Waals surface area contributed by atoms with Crippen molar-refractivity contribution in [1.82, 2.24) is 0 Å². The van der Waals surface area contributed by atoms with Crippen LogP contribution < -0.4 is 4.90 Å². The number of benzene rings is 1. The lowest BCUT2D eigenvalue weighted by molar-refractivity contribution is -0.00533. The van der Waals surface area contributed by atoms with E-state index < -0.39 is 5.97 Å². The van der Waals surface area contributed by atoms with E-state index in [-0.39, 0.29) is 12.2 Å². The van der Waals surface area contributed by atoms with Gasteiger partial charge in [-0.15, -0.1) is 11.8 Å². The number of aromatic carboxylic acids is 1. The minimum absolute atomic E-state index is 0.114. The van der Waals surface area contributed by atoms with Crippen LogP contribution in [0.5, 0.6) is 0 Å². The summed E-state index contributed by atoms with van der Waals surface area (Å²) in [7, 11) is 0. The van der Waals surface area contributed by atoms with Crippen LogP contribution in [0.2, 0.25) is 0 Å². The van der Waals surface area contributed by atoms with Gasteiger partial charge in [-0.1, -0.05) is 6.07 Å². The maximum Gasteiger partial charge on any atom is 0.338 e. The van der Waals surface area contributed by atoms with Crippen molar-refractivity contribution in [2.24, 2.45) is 0 Å². The minimum atomic E-state index is -0.869. The zero-order chi connectivity index (χ0) is 14.0. The number of rotatable bonds is 3. The van der Waals surface area contributed by atoms with Gasteiger partial charge in [0.15, 0.2) is 0 Å². The van der Waals surface area contributed by atoms with Gasteiger partial charge in [0, 0.05) is 18.0 Å². The summed E-state index contributed by atoms with van der Waals surface area (Å²) in [6.07, 6.45) is 2.13. The Hall–Kier alpha value is -1.20. The highest BCUT2D eigenvalue weighted by atomic mass is 32.2. The number of carboxylic acid groups (broad SMARTS) is 1. The molecule has 1 fully saturated rings. The van der Waals surface area contributed by atoms with Gasteiger partial charge in [-0.05, 0) is 32.2 Å². The molecule has 0 aromatic heterocycles. The standard InChI is InChI=1S/C14H19NO3S/c1-9-7-15(8-10(2)18-9)11-5-4-6-12(19-3)13(11)14(16)17/h4-6,9-10H,7-8H2,1-3H3,(H,16,17). The Morgan fingerprint density at radius 1 is 1.37 bits per heavy atom. The van der Waals surface area contributed by atoms with E-state index >= 15 is 0 Å². The van der Waals surface area contributed by atoms with Crippen LogP contribution in [0, 0.1) is 0 Å². The van der Waals surface area contributed by atoms with E-state index in [9.17, 15) is 9.90 Å². The first-order valence-corrected chi connectivity index (χ1v) is 7.56. The molecule has 5 heteroatoms. The molecule has 19 heavy (non-hydrogen) atoms. The number of morpholine rings is 1. The van der Waals surface area contributed by atoms with Crippen LogP contribution in [-0.2, 0) is 4.74 Å². The third kappa shape index (κ3) is 3.04. The molecule has 2 unspecified atom stereocenters. The fraction of sp³-hybridized carbons (Fsp3) is 0.500. The van der Waals surface area contributed by atoms with Gasteiger partial charge >= 0.3 is 5.97 Å². The van der Waals surface area contributed by atoms with E-state index in [0.717, 1.165) is 23.7 Å². The van der Waals surface area contributed by atoms with Gasteiger partial charge in [0.2, 0.25) is 0 Å². The largest absolute Gasteiger partial charge is 0.478 e. The Labute approximate surface area is 117 Å². The number of hydrogen-bond donors (Lipinski definition) is 1. The summed E-state index contributed by atoms with van der Waals surface area (Å²) >= 11 is 1.46. The molecular weight excluding hydrogens is 262 g/mol. The maximum atomic E-state index is 11.5. The molecule has 0 amide bonds. The first-order chi connectivity index (χ1) is 9.02. The molecule has 1 N–H and O–H groups in total. The molecule has 0 bridgehead atoms. The molecule has 104 valence electrons. The second-order valence-corrected chi connectivity index (χ2v) is 5.67. The Morgan fingerprint density at radius 2 is 2.00 bits per heavy atom. The van der Waals surface area contributed by atoms with E-state index in [1.54, 1.807) is 0 Å². The fourth-order valence-electron chi connectivity index (χ4n) is 2.54. The molecule has 0 saturated carbocycles. The van der Waals surface area contributed by atoms with Gasteiger partial charge in [-0.2, -0.15) is 0 Å². The Kier molecular flexibility index (Phi) is 4.37. The first kappa shape index (κ1) is 14.2. The zero-order valence-electron chi connectivity index (χ0n) is 11.4. The number of thioether (sulfide) groups is 1. The van der Waals surface area contributed by atoms with Crippen molar-refractivity contribution in [2.45, 2.75) is 31.0 Å². The Morgan fingerprint density at radius 3 is 2.53 bits per heavy atom. The van der Waals surface area contributed by atoms with Gasteiger partial charge in [-0.3, -0.25) is 0 Å². The van der Waals surface area contributed by atoms with E-state index in [1.165, 1.54) is 11.8 Å². The van der Waals surface area contributed by atoms with Crippen LogP contribution in [0.1, 0.15) is 24.2 Å². The molecule has 1 aromatic rings. The first-order valence-electron chi connectivity index (χ1n) is 6.33. The van der Waals surface area contributed by atoms with Crippen molar-refractivity contribution < 1.29 is 14.6 Å². The lowest BCUT2D eigenvalue weighted by Gasteiger charge is -2.37. The molecule has 0 radical (unpaired) electrons. The summed E-state index contributed by atoms with van der Waals surface area (Å²) in [5, 5.41) is 9.47. The molecule has 1 heterocycles. The van der Waals surface area contributed by atoms with Crippen molar-refractivity contribution in [3.63, 3.8) is 0 Å². The minimum Gasteiger partial charge on any atom is -0.478 e. The summed E-state index contributed by atoms with van der Waals surface area (Å²) in [6, 6.07) is 5.65. The van der Waals surface area contributed by atoms with Gasteiger partial charge in [0.05, 0.1) is 23.5 Å². The summed E-state index contributed by atoms with van der Waals surface area (Å²) < 4.78 is 5.70. The van der Waals surface area contributed by atoms with Crippen molar-refractivity contribution in [3.05, 3.63) is 23.8 Å².